The molecule has 3 heterocycles. The molecule has 1 amide bonds. The molecule has 1 aromatic rings. The van der Waals surface area contributed by atoms with Crippen molar-refractivity contribution in [3.05, 3.63) is 34.9 Å². The largest absolute Gasteiger partial charge is 0.342 e. The molecule has 2 fully saturated rings. The van der Waals surface area contributed by atoms with Gasteiger partial charge in [-0.05, 0) is 82.8 Å². The van der Waals surface area contributed by atoms with E-state index in [2.05, 4.69) is 16.5 Å². The first kappa shape index (κ1) is 21.6. The third kappa shape index (κ3) is 4.10. The van der Waals surface area contributed by atoms with Crippen LogP contribution in [0.4, 0.5) is 4.39 Å². The number of aromatic nitrogens is 2. The maximum atomic E-state index is 15.7. The van der Waals surface area contributed by atoms with E-state index in [0.717, 1.165) is 47.8 Å². The fraction of sp³-hybridized carbons (Fsp3) is 0.667. The minimum absolute atomic E-state index is 0.00822. The Hall–Kier alpha value is -1.62. The number of carbonyl (C=O) groups excluding carboxylic acids is 1. The fourth-order valence-electron chi connectivity index (χ4n) is 5.55. The zero-order valence-electron chi connectivity index (χ0n) is 18.2. The zero-order chi connectivity index (χ0) is 21.3. The van der Waals surface area contributed by atoms with E-state index in [0.29, 0.717) is 38.5 Å². The third-order valence-electron chi connectivity index (χ3n) is 7.40. The lowest BCUT2D eigenvalue weighted by atomic mass is 9.76. The number of amides is 1. The molecule has 0 spiro atoms. The summed E-state index contributed by atoms with van der Waals surface area (Å²) in [6.45, 7) is 5.76. The number of likely N-dealkylation sites (tertiary alicyclic amines) is 1. The Kier molecular flexibility index (Phi) is 6.38. The third-order valence-corrected chi connectivity index (χ3v) is 7.82. The second-order valence-corrected chi connectivity index (χ2v) is 9.63. The van der Waals surface area contributed by atoms with Crippen molar-refractivity contribution in [1.82, 2.24) is 14.5 Å². The Morgan fingerprint density at radius 1 is 1.30 bits per heavy atom. The van der Waals surface area contributed by atoms with Crippen LogP contribution in [0.5, 0.6) is 0 Å². The molecule has 1 unspecified atom stereocenters. The van der Waals surface area contributed by atoms with E-state index in [4.69, 9.17) is 11.6 Å². The van der Waals surface area contributed by atoms with Crippen LogP contribution in [0, 0.1) is 5.92 Å². The molecule has 0 aromatic carbocycles. The number of halogens is 2. The number of piperidine rings is 1. The molecule has 4 rings (SSSR count). The van der Waals surface area contributed by atoms with Gasteiger partial charge < -0.3 is 9.47 Å². The Bertz CT molecular complexity index is 844. The molecule has 0 bridgehead atoms. The van der Waals surface area contributed by atoms with Gasteiger partial charge in [0.05, 0.1) is 24.3 Å². The molecule has 0 radical (unpaired) electrons. The summed E-state index contributed by atoms with van der Waals surface area (Å²) < 4.78 is 17.8. The van der Waals surface area contributed by atoms with Crippen LogP contribution < -0.4 is 0 Å². The first-order valence-electron chi connectivity index (χ1n) is 11.5. The highest BCUT2D eigenvalue weighted by Gasteiger charge is 2.40. The minimum atomic E-state index is -1.19. The van der Waals surface area contributed by atoms with Gasteiger partial charge in [0.25, 0.3) is 0 Å². The van der Waals surface area contributed by atoms with E-state index in [1.165, 1.54) is 6.42 Å². The predicted octanol–water partition coefficient (Wildman–Crippen LogP) is 6.05. The van der Waals surface area contributed by atoms with Crippen LogP contribution in [-0.4, -0.2) is 39.1 Å². The molecule has 1 saturated carbocycles. The van der Waals surface area contributed by atoms with Gasteiger partial charge in [-0.2, -0.15) is 0 Å². The fourth-order valence-corrected chi connectivity index (χ4v) is 5.82. The molecule has 4 nitrogen and oxygen atoms in total. The molecule has 30 heavy (non-hydrogen) atoms. The van der Waals surface area contributed by atoms with Crippen LogP contribution in [0.15, 0.2) is 29.2 Å². The molecule has 1 atom stereocenters. The summed E-state index contributed by atoms with van der Waals surface area (Å²) in [5.41, 5.74) is 2.10. The van der Waals surface area contributed by atoms with Gasteiger partial charge in [0.1, 0.15) is 5.67 Å². The molecule has 2 aliphatic heterocycles. The lowest BCUT2D eigenvalue weighted by Crippen LogP contribution is -2.42. The maximum absolute atomic E-state index is 15.7. The first-order valence-corrected chi connectivity index (χ1v) is 11.8. The average molecular weight is 434 g/mol. The molecular formula is C24H33ClFN3O. The van der Waals surface area contributed by atoms with Gasteiger partial charge in [-0.1, -0.05) is 17.7 Å². The van der Waals surface area contributed by atoms with Gasteiger partial charge in [0.2, 0.25) is 5.91 Å². The summed E-state index contributed by atoms with van der Waals surface area (Å²) in [4.78, 5) is 19.1. The Labute approximate surface area is 184 Å². The number of allylic oxidation sites excluding steroid dienone is 4. The quantitative estimate of drug-likeness (QED) is 0.567. The van der Waals surface area contributed by atoms with E-state index in [1.54, 1.807) is 0 Å². The normalized spacial score (nSPS) is 30.0. The van der Waals surface area contributed by atoms with Crippen molar-refractivity contribution >= 4 is 23.1 Å². The Balaban J connectivity index is 1.38. The highest BCUT2D eigenvalue weighted by atomic mass is 35.5. The molecule has 3 aliphatic rings. The molecular weight excluding hydrogens is 401 g/mol. The van der Waals surface area contributed by atoms with Crippen LogP contribution in [0.25, 0.3) is 5.57 Å². The summed E-state index contributed by atoms with van der Waals surface area (Å²) in [7, 11) is 0. The number of hydrogen-bond donors (Lipinski definition) is 0. The van der Waals surface area contributed by atoms with Crippen molar-refractivity contribution in [3.8, 4) is 0 Å². The molecule has 164 valence electrons. The number of rotatable bonds is 5. The minimum Gasteiger partial charge on any atom is -0.342 e. The molecule has 0 N–H and O–H groups in total. The van der Waals surface area contributed by atoms with Gasteiger partial charge in [0.15, 0.2) is 0 Å². The summed E-state index contributed by atoms with van der Waals surface area (Å²) in [5, 5.41) is 0.741. The predicted molar refractivity (Wildman–Crippen MR) is 119 cm³/mol. The monoisotopic (exact) mass is 433 g/mol. The van der Waals surface area contributed by atoms with Crippen LogP contribution in [0.1, 0.15) is 83.4 Å². The van der Waals surface area contributed by atoms with Crippen LogP contribution in [-0.2, 0) is 4.79 Å². The van der Waals surface area contributed by atoms with Crippen molar-refractivity contribution in [3.63, 3.8) is 0 Å². The van der Waals surface area contributed by atoms with Gasteiger partial charge in [-0.25, -0.2) is 9.37 Å². The topological polar surface area (TPSA) is 38.1 Å². The summed E-state index contributed by atoms with van der Waals surface area (Å²) in [5.74, 6) is 0.269. The number of carbonyl (C=O) groups is 1. The van der Waals surface area contributed by atoms with Crippen LogP contribution in [0.2, 0.25) is 0 Å². The average Bonchev–Trinajstić information content (AvgIpc) is 3.35. The second kappa shape index (κ2) is 8.86. The summed E-state index contributed by atoms with van der Waals surface area (Å²) in [6.07, 6.45) is 12.5. The van der Waals surface area contributed by atoms with E-state index in [1.807, 2.05) is 30.4 Å². The van der Waals surface area contributed by atoms with E-state index >= 15 is 4.39 Å². The lowest BCUT2D eigenvalue weighted by molar-refractivity contribution is -0.138. The molecule has 1 saturated heterocycles. The number of alkyl halides is 1. The second-order valence-electron chi connectivity index (χ2n) is 9.23. The zero-order valence-corrected chi connectivity index (χ0v) is 18.9. The first-order chi connectivity index (χ1) is 14.4. The summed E-state index contributed by atoms with van der Waals surface area (Å²) in [6, 6.07) is 0.0338. The van der Waals surface area contributed by atoms with Crippen molar-refractivity contribution < 1.29 is 9.18 Å². The van der Waals surface area contributed by atoms with Crippen molar-refractivity contribution in [1.29, 1.82) is 0 Å². The van der Waals surface area contributed by atoms with Crippen LogP contribution >= 0.6 is 11.6 Å². The van der Waals surface area contributed by atoms with Gasteiger partial charge in [0, 0.05) is 24.0 Å². The van der Waals surface area contributed by atoms with E-state index in [9.17, 15) is 4.79 Å². The van der Waals surface area contributed by atoms with E-state index < -0.39 is 5.67 Å². The Morgan fingerprint density at radius 3 is 2.67 bits per heavy atom. The van der Waals surface area contributed by atoms with Crippen molar-refractivity contribution in [2.45, 2.75) is 83.3 Å². The standard InChI is InChI=1S/C24H33ClFN3O/c1-3-19(25)22-17(2)21-15-27-16-29(21)20(22)9-12-24(26)10-7-18(8-11-24)23(30)28-13-5-4-6-14-28/h3,15-16,18,20H,4-14H2,1-2H3/b19-3+. The maximum Gasteiger partial charge on any atom is 0.225 e. The smallest absolute Gasteiger partial charge is 0.225 e. The lowest BCUT2D eigenvalue weighted by Gasteiger charge is -2.37. The summed E-state index contributed by atoms with van der Waals surface area (Å²) >= 11 is 6.53. The van der Waals surface area contributed by atoms with Crippen LogP contribution in [0.3, 0.4) is 0 Å². The SMILES string of the molecule is C/C=C(/Cl)C1=C(C)c2cncn2C1CCC1(F)CCC(C(=O)N2CCCCC2)CC1. The van der Waals surface area contributed by atoms with Crippen molar-refractivity contribution in [2.75, 3.05) is 13.1 Å². The molecule has 6 heteroatoms. The molecule has 1 aromatic heterocycles. The van der Waals surface area contributed by atoms with E-state index in [-0.39, 0.29) is 17.9 Å². The highest BCUT2D eigenvalue weighted by Crippen LogP contribution is 2.46. The van der Waals surface area contributed by atoms with Gasteiger partial charge >= 0.3 is 0 Å². The van der Waals surface area contributed by atoms with Gasteiger partial charge in [-0.15, -0.1) is 0 Å². The number of hydrogen-bond acceptors (Lipinski definition) is 2. The number of fused-ring (bicyclic) bond motifs is 1. The van der Waals surface area contributed by atoms with Gasteiger partial charge in [-0.3, -0.25) is 4.79 Å². The molecule has 1 aliphatic carbocycles. The highest BCUT2D eigenvalue weighted by molar-refractivity contribution is 6.32. The number of imidazole rings is 1. The number of nitrogens with zero attached hydrogens (tertiary/aromatic N) is 3. The van der Waals surface area contributed by atoms with Crippen molar-refractivity contribution in [2.24, 2.45) is 5.92 Å². The Morgan fingerprint density at radius 2 is 2.00 bits per heavy atom.